The Morgan fingerprint density at radius 2 is 1.87 bits per heavy atom. The third-order valence-electron chi connectivity index (χ3n) is 5.30. The van der Waals surface area contributed by atoms with Crippen molar-refractivity contribution in [1.29, 1.82) is 0 Å². The summed E-state index contributed by atoms with van der Waals surface area (Å²) in [5.74, 6) is 0.957. The van der Waals surface area contributed by atoms with Crippen molar-refractivity contribution >= 4 is 33.6 Å². The van der Waals surface area contributed by atoms with Crippen LogP contribution in [0.4, 0.5) is 0 Å². The third-order valence-corrected chi connectivity index (χ3v) is 5.30. The van der Waals surface area contributed by atoms with Gasteiger partial charge in [-0.15, -0.1) is 0 Å². The van der Waals surface area contributed by atoms with Crippen molar-refractivity contribution in [2.45, 2.75) is 18.8 Å². The van der Waals surface area contributed by atoms with E-state index in [9.17, 15) is 9.59 Å². The summed E-state index contributed by atoms with van der Waals surface area (Å²) in [6.07, 6.45) is 0.702. The van der Waals surface area contributed by atoms with Crippen LogP contribution in [0.3, 0.4) is 0 Å². The predicted molar refractivity (Wildman–Crippen MR) is 110 cm³/mol. The molecule has 150 valence electrons. The van der Waals surface area contributed by atoms with Gasteiger partial charge in [-0.2, -0.15) is 0 Å². The van der Waals surface area contributed by atoms with Crippen LogP contribution in [0.1, 0.15) is 24.5 Å². The predicted octanol–water partition coefficient (Wildman–Crippen LogP) is 4.30. The summed E-state index contributed by atoms with van der Waals surface area (Å²) in [5, 5.41) is 9.17. The van der Waals surface area contributed by atoms with E-state index in [0.29, 0.717) is 34.9 Å². The van der Waals surface area contributed by atoms with E-state index in [0.717, 1.165) is 16.2 Å². The number of methoxy groups -OCH3 is 1. The number of carbonyl (C=O) groups excluding carboxylic acids is 2. The quantitative estimate of drug-likeness (QED) is 0.512. The first kappa shape index (κ1) is 18.2. The first-order chi connectivity index (χ1) is 14.6. The van der Waals surface area contributed by atoms with E-state index in [2.05, 4.69) is 10.5 Å². The van der Waals surface area contributed by atoms with Crippen LogP contribution in [0, 0.1) is 0 Å². The lowest BCUT2D eigenvalue weighted by Gasteiger charge is -2.19. The number of piperidine rings is 1. The number of aromatic nitrogens is 1. The van der Waals surface area contributed by atoms with Crippen LogP contribution in [-0.4, -0.2) is 24.1 Å². The Kier molecular flexibility index (Phi) is 4.35. The zero-order valence-electron chi connectivity index (χ0n) is 16.2. The molecule has 0 radical (unpaired) electrons. The zero-order chi connectivity index (χ0) is 20.7. The molecule has 3 aromatic carbocycles. The maximum atomic E-state index is 12.3. The summed E-state index contributed by atoms with van der Waals surface area (Å²) in [6.45, 7) is 0. The van der Waals surface area contributed by atoms with Crippen LogP contribution in [0.2, 0.25) is 0 Å². The van der Waals surface area contributed by atoms with E-state index < -0.39 is 5.92 Å². The molecule has 1 aromatic heterocycles. The largest absolute Gasteiger partial charge is 0.497 e. The Labute approximate surface area is 171 Å². The molecule has 1 saturated heterocycles. The molecule has 0 spiro atoms. The lowest BCUT2D eigenvalue weighted by atomic mass is 9.91. The maximum Gasteiger partial charge on any atom is 0.235 e. The van der Waals surface area contributed by atoms with Crippen molar-refractivity contribution < 1.29 is 23.6 Å². The zero-order valence-corrected chi connectivity index (χ0v) is 16.2. The molecular weight excluding hydrogens is 384 g/mol. The van der Waals surface area contributed by atoms with E-state index in [1.165, 1.54) is 0 Å². The number of nitrogens with zero attached hydrogens (tertiary/aromatic N) is 1. The van der Waals surface area contributed by atoms with Crippen molar-refractivity contribution in [3.05, 3.63) is 60.3 Å². The van der Waals surface area contributed by atoms with Crippen LogP contribution in [0.15, 0.2) is 59.1 Å². The second-order valence-electron chi connectivity index (χ2n) is 7.17. The number of ether oxygens (including phenoxy) is 2. The van der Waals surface area contributed by atoms with Crippen LogP contribution in [0.25, 0.3) is 21.7 Å². The van der Waals surface area contributed by atoms with Crippen molar-refractivity contribution in [2.75, 3.05) is 7.11 Å². The molecule has 2 amide bonds. The molecule has 1 atom stereocenters. The molecule has 1 aliphatic rings. The van der Waals surface area contributed by atoms with Gasteiger partial charge in [-0.25, -0.2) is 0 Å². The highest BCUT2D eigenvalue weighted by Crippen LogP contribution is 2.37. The standard InChI is InChI=1S/C23H18N2O5/c1-28-14-3-2-4-15(12-14)29-16-6-7-17-13(11-16)5-9-19-21(17)22(25-30-19)18-8-10-20(26)24-23(18)27/h2-7,9,11-12,18H,8,10H2,1H3,(H,24,26,27)/t18-/m0/s1. The van der Waals surface area contributed by atoms with Gasteiger partial charge in [-0.3, -0.25) is 14.9 Å². The molecule has 0 saturated carbocycles. The summed E-state index contributed by atoms with van der Waals surface area (Å²) in [6, 6.07) is 16.9. The van der Waals surface area contributed by atoms with Crippen LogP contribution in [-0.2, 0) is 9.59 Å². The molecule has 30 heavy (non-hydrogen) atoms. The topological polar surface area (TPSA) is 90.7 Å². The van der Waals surface area contributed by atoms with Crippen LogP contribution < -0.4 is 14.8 Å². The smallest absolute Gasteiger partial charge is 0.235 e. The van der Waals surface area contributed by atoms with E-state index in [1.807, 2.05) is 54.6 Å². The number of benzene rings is 3. The summed E-state index contributed by atoms with van der Waals surface area (Å²) in [5.41, 5.74) is 1.16. The molecule has 5 rings (SSSR count). The van der Waals surface area contributed by atoms with Gasteiger partial charge in [-0.1, -0.05) is 17.3 Å². The first-order valence-corrected chi connectivity index (χ1v) is 9.60. The molecule has 4 aromatic rings. The molecule has 1 fully saturated rings. The number of carbonyl (C=O) groups is 2. The molecule has 7 heteroatoms. The molecule has 0 aliphatic carbocycles. The highest BCUT2D eigenvalue weighted by molar-refractivity contribution is 6.10. The highest BCUT2D eigenvalue weighted by Gasteiger charge is 2.32. The molecule has 1 aliphatic heterocycles. The van der Waals surface area contributed by atoms with E-state index >= 15 is 0 Å². The summed E-state index contributed by atoms with van der Waals surface area (Å²) in [7, 11) is 1.61. The number of imide groups is 1. The fraction of sp³-hybridized carbons (Fsp3) is 0.174. The van der Waals surface area contributed by atoms with Gasteiger partial charge in [0.1, 0.15) is 22.9 Å². The van der Waals surface area contributed by atoms with Crippen molar-refractivity contribution in [3.8, 4) is 17.2 Å². The molecule has 7 nitrogen and oxygen atoms in total. The van der Waals surface area contributed by atoms with Gasteiger partial charge in [0.15, 0.2) is 5.58 Å². The fourth-order valence-corrected chi connectivity index (χ4v) is 3.83. The maximum absolute atomic E-state index is 12.3. The van der Waals surface area contributed by atoms with Crippen molar-refractivity contribution in [3.63, 3.8) is 0 Å². The van der Waals surface area contributed by atoms with Crippen LogP contribution in [0.5, 0.6) is 17.2 Å². The summed E-state index contributed by atoms with van der Waals surface area (Å²) in [4.78, 5) is 23.8. The van der Waals surface area contributed by atoms with Crippen molar-refractivity contribution in [2.24, 2.45) is 0 Å². The summed E-state index contributed by atoms with van der Waals surface area (Å²) < 4.78 is 16.7. The van der Waals surface area contributed by atoms with Crippen molar-refractivity contribution in [1.82, 2.24) is 10.5 Å². The minimum Gasteiger partial charge on any atom is -0.497 e. The fourth-order valence-electron chi connectivity index (χ4n) is 3.83. The van der Waals surface area contributed by atoms with E-state index in [4.69, 9.17) is 14.0 Å². The third kappa shape index (κ3) is 3.14. The molecular formula is C23H18N2O5. The van der Waals surface area contributed by atoms with Gasteiger partial charge in [0.2, 0.25) is 11.8 Å². The number of amides is 2. The number of nitrogens with one attached hydrogen (secondary N) is 1. The number of hydrogen-bond donors (Lipinski definition) is 1. The Hall–Kier alpha value is -3.87. The minimum absolute atomic E-state index is 0.256. The lowest BCUT2D eigenvalue weighted by molar-refractivity contribution is -0.134. The first-order valence-electron chi connectivity index (χ1n) is 9.60. The number of rotatable bonds is 4. The van der Waals surface area contributed by atoms with Gasteiger partial charge in [0.25, 0.3) is 0 Å². The second kappa shape index (κ2) is 7.18. The van der Waals surface area contributed by atoms with Gasteiger partial charge in [0.05, 0.1) is 18.4 Å². The van der Waals surface area contributed by atoms with E-state index in [-0.39, 0.29) is 18.2 Å². The van der Waals surface area contributed by atoms with Gasteiger partial charge in [0, 0.05) is 12.5 Å². The number of fused-ring (bicyclic) bond motifs is 3. The molecule has 2 heterocycles. The summed E-state index contributed by atoms with van der Waals surface area (Å²) >= 11 is 0. The molecule has 1 N–H and O–H groups in total. The Balaban J connectivity index is 1.55. The van der Waals surface area contributed by atoms with Gasteiger partial charge < -0.3 is 14.0 Å². The average molecular weight is 402 g/mol. The molecule has 0 unspecified atom stereocenters. The van der Waals surface area contributed by atoms with E-state index in [1.54, 1.807) is 7.11 Å². The van der Waals surface area contributed by atoms with Gasteiger partial charge in [-0.05, 0) is 53.6 Å². The highest BCUT2D eigenvalue weighted by atomic mass is 16.5. The van der Waals surface area contributed by atoms with Gasteiger partial charge >= 0.3 is 0 Å². The lowest BCUT2D eigenvalue weighted by Crippen LogP contribution is -2.39. The number of hydrogen-bond acceptors (Lipinski definition) is 6. The average Bonchev–Trinajstić information content (AvgIpc) is 3.18. The molecule has 0 bridgehead atoms. The monoisotopic (exact) mass is 402 g/mol. The second-order valence-corrected chi connectivity index (χ2v) is 7.17. The Morgan fingerprint density at radius 1 is 1.03 bits per heavy atom. The minimum atomic E-state index is -0.512. The normalized spacial score (nSPS) is 16.6. The van der Waals surface area contributed by atoms with Crippen LogP contribution >= 0.6 is 0 Å². The Bertz CT molecular complexity index is 1290. The SMILES string of the molecule is COc1cccc(Oc2ccc3c(ccc4onc([C@@H]5CCC(=O)NC5=O)c43)c2)c1. The Morgan fingerprint density at radius 3 is 2.70 bits per heavy atom.